The number of carbonyl (C=O) groups is 3. The van der Waals surface area contributed by atoms with Crippen LogP contribution in [0, 0.1) is 6.92 Å². The average molecular weight is 445 g/mol. The van der Waals surface area contributed by atoms with Crippen molar-refractivity contribution in [3.63, 3.8) is 0 Å². The summed E-state index contributed by atoms with van der Waals surface area (Å²) in [5.74, 6) is -0.661. The Morgan fingerprint density at radius 2 is 1.58 bits per heavy atom. The molecule has 0 aliphatic rings. The Morgan fingerprint density at radius 3 is 2.21 bits per heavy atom. The monoisotopic (exact) mass is 444 g/mol. The lowest BCUT2D eigenvalue weighted by molar-refractivity contribution is 0.0754. The van der Waals surface area contributed by atoms with Crippen molar-refractivity contribution in [3.8, 4) is 0 Å². The minimum Gasteiger partial charge on any atom is -0.348 e. The van der Waals surface area contributed by atoms with E-state index in [1.165, 1.54) is 0 Å². The standard InChI is InChI=1S/C26H28N4O3/c1-17(2)30(4)26(33)21-10-8-19(9-11-21)16-28-25(32)22-7-5-6-18(3)23(22)29-24(31)20-12-14-27-15-13-20/h5-15,17H,16H2,1-4H3,(H,28,32)(H,29,31). The Hall–Kier alpha value is -4.00. The van der Waals surface area contributed by atoms with E-state index in [-0.39, 0.29) is 23.8 Å². The van der Waals surface area contributed by atoms with Gasteiger partial charge in [0, 0.05) is 43.2 Å². The fourth-order valence-corrected chi connectivity index (χ4v) is 3.19. The molecule has 3 amide bonds. The fraction of sp³-hybridized carbons (Fsp3) is 0.231. The molecule has 7 heteroatoms. The van der Waals surface area contributed by atoms with Gasteiger partial charge in [-0.05, 0) is 62.2 Å². The highest BCUT2D eigenvalue weighted by molar-refractivity contribution is 6.09. The molecule has 0 atom stereocenters. The van der Waals surface area contributed by atoms with Gasteiger partial charge in [-0.2, -0.15) is 0 Å². The second-order valence-corrected chi connectivity index (χ2v) is 8.08. The number of para-hydroxylation sites is 1. The highest BCUT2D eigenvalue weighted by atomic mass is 16.2. The molecule has 7 nitrogen and oxygen atoms in total. The molecule has 1 heterocycles. The molecule has 0 spiro atoms. The van der Waals surface area contributed by atoms with Crippen molar-refractivity contribution >= 4 is 23.4 Å². The summed E-state index contributed by atoms with van der Waals surface area (Å²) in [6.07, 6.45) is 3.08. The van der Waals surface area contributed by atoms with E-state index in [0.29, 0.717) is 28.9 Å². The maximum absolute atomic E-state index is 12.9. The Morgan fingerprint density at radius 1 is 0.909 bits per heavy atom. The van der Waals surface area contributed by atoms with Crippen molar-refractivity contribution in [2.24, 2.45) is 0 Å². The number of aryl methyl sites for hydroxylation is 1. The van der Waals surface area contributed by atoms with Crippen molar-refractivity contribution in [1.29, 1.82) is 0 Å². The summed E-state index contributed by atoms with van der Waals surface area (Å²) in [7, 11) is 1.77. The van der Waals surface area contributed by atoms with Gasteiger partial charge in [-0.1, -0.05) is 24.3 Å². The fourth-order valence-electron chi connectivity index (χ4n) is 3.19. The molecule has 33 heavy (non-hydrogen) atoms. The lowest BCUT2D eigenvalue weighted by atomic mass is 10.1. The van der Waals surface area contributed by atoms with E-state index in [4.69, 9.17) is 0 Å². The number of amides is 3. The first kappa shape index (κ1) is 23.7. The summed E-state index contributed by atoms with van der Waals surface area (Å²) >= 11 is 0. The summed E-state index contributed by atoms with van der Waals surface area (Å²) in [6.45, 7) is 6.05. The van der Waals surface area contributed by atoms with Crippen LogP contribution >= 0.6 is 0 Å². The van der Waals surface area contributed by atoms with Crippen LogP contribution in [0.2, 0.25) is 0 Å². The van der Waals surface area contributed by atoms with Crippen molar-refractivity contribution in [3.05, 3.63) is 94.8 Å². The lowest BCUT2D eigenvalue weighted by Crippen LogP contribution is -2.32. The third-order valence-electron chi connectivity index (χ3n) is 5.45. The zero-order valence-electron chi connectivity index (χ0n) is 19.3. The van der Waals surface area contributed by atoms with Gasteiger partial charge in [-0.25, -0.2) is 0 Å². The first-order valence-electron chi connectivity index (χ1n) is 10.7. The summed E-state index contributed by atoms with van der Waals surface area (Å²) in [6, 6.07) is 15.8. The number of carbonyl (C=O) groups excluding carboxylic acids is 3. The molecule has 3 rings (SSSR count). The van der Waals surface area contributed by atoms with Crippen LogP contribution in [0.15, 0.2) is 67.0 Å². The Kier molecular flexibility index (Phi) is 7.56. The summed E-state index contributed by atoms with van der Waals surface area (Å²) < 4.78 is 0. The molecule has 3 aromatic rings. The van der Waals surface area contributed by atoms with Gasteiger partial charge in [0.25, 0.3) is 17.7 Å². The molecular formula is C26H28N4O3. The van der Waals surface area contributed by atoms with Crippen LogP contribution in [0.5, 0.6) is 0 Å². The number of pyridine rings is 1. The topological polar surface area (TPSA) is 91.4 Å². The molecule has 0 aliphatic carbocycles. The third kappa shape index (κ3) is 5.83. The predicted molar refractivity (Wildman–Crippen MR) is 128 cm³/mol. The number of rotatable bonds is 7. The zero-order valence-corrected chi connectivity index (χ0v) is 19.3. The molecule has 0 saturated heterocycles. The van der Waals surface area contributed by atoms with Gasteiger partial charge >= 0.3 is 0 Å². The summed E-state index contributed by atoms with van der Waals surface area (Å²) in [5.41, 5.74) is 3.54. The van der Waals surface area contributed by atoms with Crippen molar-refractivity contribution in [1.82, 2.24) is 15.2 Å². The number of hydrogen-bond donors (Lipinski definition) is 2. The van der Waals surface area contributed by atoms with Crippen LogP contribution in [0.3, 0.4) is 0 Å². The predicted octanol–water partition coefficient (Wildman–Crippen LogP) is 4.05. The van der Waals surface area contributed by atoms with E-state index in [1.807, 2.05) is 39.0 Å². The summed E-state index contributed by atoms with van der Waals surface area (Å²) in [4.78, 5) is 43.5. The smallest absolute Gasteiger partial charge is 0.255 e. The van der Waals surface area contributed by atoms with Gasteiger partial charge < -0.3 is 15.5 Å². The Balaban J connectivity index is 1.69. The van der Waals surface area contributed by atoms with Crippen LogP contribution in [-0.2, 0) is 6.54 Å². The molecule has 0 radical (unpaired) electrons. The van der Waals surface area contributed by atoms with E-state index < -0.39 is 0 Å². The summed E-state index contributed by atoms with van der Waals surface area (Å²) in [5, 5.41) is 5.73. The number of nitrogens with zero attached hydrogens (tertiary/aromatic N) is 2. The van der Waals surface area contributed by atoms with Crippen LogP contribution in [0.4, 0.5) is 5.69 Å². The van der Waals surface area contributed by atoms with Gasteiger partial charge in [-0.15, -0.1) is 0 Å². The van der Waals surface area contributed by atoms with Gasteiger partial charge in [0.05, 0.1) is 11.3 Å². The molecule has 1 aromatic heterocycles. The molecule has 2 aromatic carbocycles. The number of nitrogens with one attached hydrogen (secondary N) is 2. The zero-order chi connectivity index (χ0) is 24.0. The lowest BCUT2D eigenvalue weighted by Gasteiger charge is -2.21. The molecule has 0 aliphatic heterocycles. The minimum atomic E-state index is -0.313. The van der Waals surface area contributed by atoms with Crippen LogP contribution in [-0.4, -0.2) is 40.7 Å². The maximum atomic E-state index is 12.9. The van der Waals surface area contributed by atoms with Crippen LogP contribution in [0.25, 0.3) is 0 Å². The quantitative estimate of drug-likeness (QED) is 0.575. The van der Waals surface area contributed by atoms with Gasteiger partial charge in [-0.3, -0.25) is 19.4 Å². The van der Waals surface area contributed by atoms with E-state index in [9.17, 15) is 14.4 Å². The van der Waals surface area contributed by atoms with Crippen molar-refractivity contribution < 1.29 is 14.4 Å². The second-order valence-electron chi connectivity index (χ2n) is 8.08. The number of hydrogen-bond acceptors (Lipinski definition) is 4. The number of aromatic nitrogens is 1. The molecule has 0 unspecified atom stereocenters. The maximum Gasteiger partial charge on any atom is 0.255 e. The van der Waals surface area contributed by atoms with Gasteiger partial charge in [0.1, 0.15) is 0 Å². The van der Waals surface area contributed by atoms with E-state index in [2.05, 4.69) is 15.6 Å². The molecule has 0 fully saturated rings. The Bertz CT molecular complexity index is 1140. The second kappa shape index (κ2) is 10.5. The van der Waals surface area contributed by atoms with E-state index in [0.717, 1.165) is 11.1 Å². The average Bonchev–Trinajstić information content (AvgIpc) is 2.83. The molecular weight excluding hydrogens is 416 g/mol. The number of anilines is 1. The highest BCUT2D eigenvalue weighted by Gasteiger charge is 2.17. The van der Waals surface area contributed by atoms with Gasteiger partial charge in [0.15, 0.2) is 0 Å². The molecule has 170 valence electrons. The first-order chi connectivity index (χ1) is 15.8. The largest absolute Gasteiger partial charge is 0.348 e. The van der Waals surface area contributed by atoms with Crippen LogP contribution < -0.4 is 10.6 Å². The molecule has 0 bridgehead atoms. The van der Waals surface area contributed by atoms with E-state index >= 15 is 0 Å². The molecule has 2 N–H and O–H groups in total. The molecule has 0 saturated carbocycles. The normalized spacial score (nSPS) is 10.6. The van der Waals surface area contributed by atoms with Crippen molar-refractivity contribution in [2.75, 3.05) is 12.4 Å². The Labute approximate surface area is 193 Å². The first-order valence-corrected chi connectivity index (χ1v) is 10.7. The van der Waals surface area contributed by atoms with Gasteiger partial charge in [0.2, 0.25) is 0 Å². The third-order valence-corrected chi connectivity index (χ3v) is 5.45. The minimum absolute atomic E-state index is 0.0464. The van der Waals surface area contributed by atoms with E-state index in [1.54, 1.807) is 60.7 Å². The SMILES string of the molecule is Cc1cccc(C(=O)NCc2ccc(C(=O)N(C)C(C)C)cc2)c1NC(=O)c1ccncc1. The highest BCUT2D eigenvalue weighted by Crippen LogP contribution is 2.22. The van der Waals surface area contributed by atoms with Crippen LogP contribution in [0.1, 0.15) is 56.0 Å². The van der Waals surface area contributed by atoms with Crippen molar-refractivity contribution in [2.45, 2.75) is 33.4 Å². The number of benzene rings is 2.